The second-order valence-corrected chi connectivity index (χ2v) is 13.3. The normalized spacial score (nSPS) is 11.6. The third-order valence-electron chi connectivity index (χ3n) is 9.06. The number of rotatable bonds is 31. The van der Waals surface area contributed by atoms with Crippen molar-refractivity contribution in [3.05, 3.63) is 18.2 Å². The number of hydrogen-bond acceptors (Lipinski definition) is 5. The Bertz CT molecular complexity index is 783. The van der Waals surface area contributed by atoms with Gasteiger partial charge in [0.1, 0.15) is 0 Å². The van der Waals surface area contributed by atoms with E-state index >= 15 is 0 Å². The third kappa shape index (κ3) is 22.6. The van der Waals surface area contributed by atoms with E-state index in [0.29, 0.717) is 43.6 Å². The van der Waals surface area contributed by atoms with Crippen molar-refractivity contribution >= 4 is 11.9 Å². The molecule has 0 aromatic carbocycles. The van der Waals surface area contributed by atoms with Crippen molar-refractivity contribution in [1.82, 2.24) is 9.55 Å². The molecule has 0 aliphatic heterocycles. The molecule has 1 aromatic heterocycles. The lowest BCUT2D eigenvalue weighted by molar-refractivity contribution is -0.908. The summed E-state index contributed by atoms with van der Waals surface area (Å²) in [6.07, 6.45) is 30.6. The SMILES string of the molecule is CCCCCCCCCCCCOC(=O)CC[N+](C)(CCC(=O)OCCCCCCCCCCCC)CCc1cncn1C. The van der Waals surface area contributed by atoms with E-state index in [2.05, 4.69) is 25.9 Å². The zero-order valence-electron chi connectivity index (χ0n) is 29.4. The first kappa shape index (κ1) is 40.1. The number of aryl methyl sites for hydroxylation is 1. The van der Waals surface area contributed by atoms with E-state index in [-0.39, 0.29) is 11.9 Å². The maximum absolute atomic E-state index is 12.6. The Morgan fingerprint density at radius 2 is 1.02 bits per heavy atom. The van der Waals surface area contributed by atoms with Crippen molar-refractivity contribution < 1.29 is 23.5 Å². The van der Waals surface area contributed by atoms with Crippen LogP contribution in [-0.2, 0) is 32.5 Å². The van der Waals surface area contributed by atoms with Gasteiger partial charge in [0, 0.05) is 25.4 Å². The van der Waals surface area contributed by atoms with Gasteiger partial charge in [0.05, 0.1) is 59.1 Å². The molecule has 1 aromatic rings. The van der Waals surface area contributed by atoms with Crippen LogP contribution in [0.25, 0.3) is 0 Å². The molecule has 0 fully saturated rings. The van der Waals surface area contributed by atoms with Crippen LogP contribution in [0.3, 0.4) is 0 Å². The highest BCUT2D eigenvalue weighted by atomic mass is 16.5. The maximum atomic E-state index is 12.6. The van der Waals surface area contributed by atoms with Gasteiger partial charge in [-0.05, 0) is 12.8 Å². The van der Waals surface area contributed by atoms with Gasteiger partial charge in [0.15, 0.2) is 0 Å². The second kappa shape index (κ2) is 27.4. The summed E-state index contributed by atoms with van der Waals surface area (Å²) < 4.78 is 13.8. The highest BCUT2D eigenvalue weighted by Crippen LogP contribution is 2.14. The van der Waals surface area contributed by atoms with Gasteiger partial charge in [-0.15, -0.1) is 0 Å². The monoisotopic (exact) mass is 621 g/mol. The van der Waals surface area contributed by atoms with Crippen LogP contribution in [0.2, 0.25) is 0 Å². The zero-order valence-corrected chi connectivity index (χ0v) is 29.4. The first-order valence-corrected chi connectivity index (χ1v) is 18.5. The Balaban J connectivity index is 2.28. The van der Waals surface area contributed by atoms with E-state index in [4.69, 9.17) is 9.47 Å². The van der Waals surface area contributed by atoms with Crippen molar-refractivity contribution in [2.75, 3.05) is 39.9 Å². The maximum Gasteiger partial charge on any atom is 0.311 e. The summed E-state index contributed by atoms with van der Waals surface area (Å²) in [5.41, 5.74) is 1.15. The molecule has 0 atom stereocenters. The van der Waals surface area contributed by atoms with Gasteiger partial charge in [0.2, 0.25) is 0 Å². The highest BCUT2D eigenvalue weighted by molar-refractivity contribution is 5.70. The largest absolute Gasteiger partial charge is 0.466 e. The molecule has 0 saturated heterocycles. The molecule has 0 N–H and O–H groups in total. The predicted octanol–water partition coefficient (Wildman–Crippen LogP) is 9.12. The number of quaternary nitrogens is 1. The molecule has 0 radical (unpaired) electrons. The highest BCUT2D eigenvalue weighted by Gasteiger charge is 2.25. The molecule has 0 bridgehead atoms. The van der Waals surface area contributed by atoms with Gasteiger partial charge in [0.25, 0.3) is 0 Å². The van der Waals surface area contributed by atoms with Crippen LogP contribution in [-0.4, -0.2) is 65.9 Å². The molecule has 0 aliphatic carbocycles. The number of nitrogens with zero attached hydrogens (tertiary/aromatic N) is 3. The van der Waals surface area contributed by atoms with Gasteiger partial charge in [-0.3, -0.25) is 9.59 Å². The van der Waals surface area contributed by atoms with Gasteiger partial charge in [-0.2, -0.15) is 0 Å². The fourth-order valence-corrected chi connectivity index (χ4v) is 5.76. The Morgan fingerprint density at radius 1 is 0.636 bits per heavy atom. The molecule has 256 valence electrons. The minimum absolute atomic E-state index is 0.130. The molecular weight excluding hydrogens is 550 g/mol. The summed E-state index contributed by atoms with van der Waals surface area (Å²) in [6, 6.07) is 0. The summed E-state index contributed by atoms with van der Waals surface area (Å²) in [5.74, 6) is -0.260. The molecule has 1 heterocycles. The fourth-order valence-electron chi connectivity index (χ4n) is 5.76. The average Bonchev–Trinajstić information content (AvgIpc) is 3.44. The Labute approximate surface area is 271 Å². The Hall–Kier alpha value is -1.89. The van der Waals surface area contributed by atoms with Crippen molar-refractivity contribution in [2.24, 2.45) is 7.05 Å². The summed E-state index contributed by atoms with van der Waals surface area (Å²) in [5, 5.41) is 0. The predicted molar refractivity (Wildman–Crippen MR) is 183 cm³/mol. The van der Waals surface area contributed by atoms with E-state index in [1.165, 1.54) is 103 Å². The van der Waals surface area contributed by atoms with Crippen LogP contribution in [0.5, 0.6) is 0 Å². The number of likely N-dealkylation sites (N-methyl/N-ethyl adjacent to an activating group) is 1. The number of esters is 2. The van der Waals surface area contributed by atoms with Crippen LogP contribution >= 0.6 is 0 Å². The lowest BCUT2D eigenvalue weighted by atomic mass is 10.1. The van der Waals surface area contributed by atoms with E-state index in [1.807, 2.05) is 24.1 Å². The van der Waals surface area contributed by atoms with Gasteiger partial charge in [-0.25, -0.2) is 4.98 Å². The number of ether oxygens (including phenoxy) is 2. The molecule has 0 saturated carbocycles. The summed E-state index contributed by atoms with van der Waals surface area (Å²) in [4.78, 5) is 29.4. The minimum atomic E-state index is -0.130. The number of unbranched alkanes of at least 4 members (excludes halogenated alkanes) is 18. The van der Waals surface area contributed by atoms with Crippen LogP contribution in [0.15, 0.2) is 12.5 Å². The van der Waals surface area contributed by atoms with Crippen LogP contribution in [0, 0.1) is 0 Å². The average molecular weight is 621 g/mol. The van der Waals surface area contributed by atoms with Gasteiger partial charge >= 0.3 is 11.9 Å². The molecule has 7 heteroatoms. The summed E-state index contributed by atoms with van der Waals surface area (Å²) >= 11 is 0. The van der Waals surface area contributed by atoms with E-state index < -0.39 is 0 Å². The van der Waals surface area contributed by atoms with Crippen molar-refractivity contribution in [2.45, 2.75) is 162 Å². The third-order valence-corrected chi connectivity index (χ3v) is 9.06. The lowest BCUT2D eigenvalue weighted by Crippen LogP contribution is -2.48. The summed E-state index contributed by atoms with van der Waals surface area (Å²) in [7, 11) is 4.14. The number of hydrogen-bond donors (Lipinski definition) is 0. The van der Waals surface area contributed by atoms with E-state index in [0.717, 1.165) is 44.3 Å². The van der Waals surface area contributed by atoms with Crippen LogP contribution < -0.4 is 0 Å². The van der Waals surface area contributed by atoms with Crippen molar-refractivity contribution in [1.29, 1.82) is 0 Å². The Morgan fingerprint density at radius 3 is 1.39 bits per heavy atom. The number of imidazole rings is 1. The van der Waals surface area contributed by atoms with Crippen molar-refractivity contribution in [3.8, 4) is 0 Å². The van der Waals surface area contributed by atoms with Gasteiger partial charge < -0.3 is 18.5 Å². The number of carbonyl (C=O) groups is 2. The zero-order chi connectivity index (χ0) is 32.1. The topological polar surface area (TPSA) is 70.4 Å². The quantitative estimate of drug-likeness (QED) is 0.0470. The lowest BCUT2D eigenvalue weighted by Gasteiger charge is -2.34. The second-order valence-electron chi connectivity index (χ2n) is 13.3. The first-order chi connectivity index (χ1) is 21.4. The van der Waals surface area contributed by atoms with Crippen LogP contribution in [0.4, 0.5) is 0 Å². The molecule has 1 rings (SSSR count). The van der Waals surface area contributed by atoms with Crippen molar-refractivity contribution in [3.63, 3.8) is 0 Å². The van der Waals surface area contributed by atoms with Crippen LogP contribution in [0.1, 0.15) is 161 Å². The van der Waals surface area contributed by atoms with E-state index in [9.17, 15) is 9.59 Å². The molecule has 0 aliphatic rings. The molecule has 7 nitrogen and oxygen atoms in total. The standard InChI is InChI=1S/C37H70N3O4/c1-5-7-9-11-13-15-17-19-21-23-31-43-36(41)26-29-40(4,28-25-35-33-38-34-39(35)3)30-27-37(42)44-32-24-22-20-18-16-14-12-10-8-6-2/h33-34H,5-32H2,1-4H3/q+1. The Kier molecular flexibility index (Phi) is 25.0. The van der Waals surface area contributed by atoms with Gasteiger partial charge in [-0.1, -0.05) is 129 Å². The van der Waals surface area contributed by atoms with E-state index in [1.54, 1.807) is 0 Å². The minimum Gasteiger partial charge on any atom is -0.466 e. The molecule has 0 spiro atoms. The smallest absolute Gasteiger partial charge is 0.311 e. The molecule has 0 unspecified atom stereocenters. The first-order valence-electron chi connectivity index (χ1n) is 18.5. The molecule has 44 heavy (non-hydrogen) atoms. The molecular formula is C37H70N3O4+. The fraction of sp³-hybridized carbons (Fsp3) is 0.865. The molecule has 0 amide bonds. The number of aromatic nitrogens is 2. The number of carbonyl (C=O) groups excluding carboxylic acids is 2. The summed E-state index contributed by atoms with van der Waals surface area (Å²) in [6.45, 7) is 7.68.